The zero-order valence-electron chi connectivity index (χ0n) is 15.5. The number of rotatable bonds is 2. The van der Waals surface area contributed by atoms with Gasteiger partial charge in [-0.1, -0.05) is 0 Å². The molecule has 30 heavy (non-hydrogen) atoms. The highest BCUT2D eigenvalue weighted by Crippen LogP contribution is 2.35. The minimum absolute atomic E-state index is 0.00282. The van der Waals surface area contributed by atoms with Gasteiger partial charge in [-0.15, -0.1) is 13.2 Å². The van der Waals surface area contributed by atoms with Crippen LogP contribution in [-0.2, 0) is 9.53 Å². The fourth-order valence-corrected chi connectivity index (χ4v) is 3.95. The van der Waals surface area contributed by atoms with E-state index in [2.05, 4.69) is 10.1 Å². The Morgan fingerprint density at radius 3 is 2.43 bits per heavy atom. The lowest BCUT2D eigenvalue weighted by atomic mass is 9.91. The number of ether oxygens (including phenoxy) is 2. The average Bonchev–Trinajstić information content (AvgIpc) is 2.62. The standard InChI is InChI=1S/C18H18F5N3O4/c19-11-3-9(4-12(20)16(11)30-18(21,22)23)10-5-26(6-10)17(28)25-2-1-14-13(7-25)24-15(27)8-29-14/h3-4,10,13-14H,1-2,5-8H2,(H,24,27)/t13?,14-/m0/s1. The minimum atomic E-state index is -5.21. The van der Waals surface area contributed by atoms with Gasteiger partial charge in [0.1, 0.15) is 6.61 Å². The zero-order valence-corrected chi connectivity index (χ0v) is 15.5. The van der Waals surface area contributed by atoms with Crippen LogP contribution >= 0.6 is 0 Å². The van der Waals surface area contributed by atoms with Crippen LogP contribution in [0.3, 0.4) is 0 Å². The largest absolute Gasteiger partial charge is 0.573 e. The number of morpholine rings is 1. The van der Waals surface area contributed by atoms with E-state index in [9.17, 15) is 31.5 Å². The van der Waals surface area contributed by atoms with Crippen molar-refractivity contribution in [1.29, 1.82) is 0 Å². The van der Waals surface area contributed by atoms with Crippen molar-refractivity contribution in [3.05, 3.63) is 29.3 Å². The maximum absolute atomic E-state index is 13.9. The number of amides is 3. The van der Waals surface area contributed by atoms with Gasteiger partial charge in [0, 0.05) is 32.1 Å². The van der Waals surface area contributed by atoms with Crippen molar-refractivity contribution in [3.63, 3.8) is 0 Å². The number of carbonyl (C=O) groups excluding carboxylic acids is 2. The number of nitrogens with zero attached hydrogens (tertiary/aromatic N) is 2. The quantitative estimate of drug-likeness (QED) is 0.722. The topological polar surface area (TPSA) is 71.1 Å². The van der Waals surface area contributed by atoms with Crippen molar-refractivity contribution in [2.24, 2.45) is 0 Å². The van der Waals surface area contributed by atoms with Gasteiger partial charge in [0.25, 0.3) is 0 Å². The van der Waals surface area contributed by atoms with Crippen LogP contribution in [0.1, 0.15) is 17.9 Å². The molecule has 3 saturated heterocycles. The molecule has 3 fully saturated rings. The van der Waals surface area contributed by atoms with E-state index in [1.54, 1.807) is 4.90 Å². The number of urea groups is 1. The second-order valence-electron chi connectivity index (χ2n) is 7.50. The van der Waals surface area contributed by atoms with Gasteiger partial charge in [0.2, 0.25) is 11.7 Å². The Morgan fingerprint density at radius 1 is 1.13 bits per heavy atom. The maximum Gasteiger partial charge on any atom is 0.573 e. The van der Waals surface area contributed by atoms with E-state index in [4.69, 9.17) is 4.74 Å². The van der Waals surface area contributed by atoms with Crippen molar-refractivity contribution in [1.82, 2.24) is 15.1 Å². The van der Waals surface area contributed by atoms with E-state index < -0.39 is 29.7 Å². The molecule has 3 aliphatic heterocycles. The van der Waals surface area contributed by atoms with Crippen LogP contribution < -0.4 is 10.1 Å². The second-order valence-corrected chi connectivity index (χ2v) is 7.50. The monoisotopic (exact) mass is 435 g/mol. The van der Waals surface area contributed by atoms with Gasteiger partial charge in [0.15, 0.2) is 11.6 Å². The Bertz CT molecular complexity index is 836. The van der Waals surface area contributed by atoms with Crippen LogP contribution in [0.25, 0.3) is 0 Å². The van der Waals surface area contributed by atoms with E-state index in [1.165, 1.54) is 4.90 Å². The Kier molecular flexibility index (Phi) is 5.20. The zero-order chi connectivity index (χ0) is 21.6. The van der Waals surface area contributed by atoms with Crippen molar-refractivity contribution < 1.29 is 41.0 Å². The highest BCUT2D eigenvalue weighted by atomic mass is 19.4. The SMILES string of the molecule is O=C1CO[C@H]2CCN(C(=O)N3CC(c4cc(F)c(OC(F)(F)F)c(F)c4)C3)CC2N1. The Morgan fingerprint density at radius 2 is 1.80 bits per heavy atom. The molecular formula is C18H18F5N3O4. The summed E-state index contributed by atoms with van der Waals surface area (Å²) in [5, 5.41) is 2.79. The van der Waals surface area contributed by atoms with Crippen molar-refractivity contribution in [2.45, 2.75) is 30.8 Å². The second kappa shape index (κ2) is 7.56. The van der Waals surface area contributed by atoms with Gasteiger partial charge in [-0.05, 0) is 24.1 Å². The Labute approximate surface area is 167 Å². The van der Waals surface area contributed by atoms with Crippen LogP contribution in [0.4, 0.5) is 26.7 Å². The lowest BCUT2D eigenvalue weighted by molar-refractivity contribution is -0.276. The third kappa shape index (κ3) is 4.13. The van der Waals surface area contributed by atoms with E-state index in [0.29, 0.717) is 19.5 Å². The lowest BCUT2D eigenvalue weighted by Gasteiger charge is -2.46. The third-order valence-corrected chi connectivity index (χ3v) is 5.46. The molecule has 0 bridgehead atoms. The van der Waals surface area contributed by atoms with Gasteiger partial charge in [-0.25, -0.2) is 13.6 Å². The maximum atomic E-state index is 13.9. The molecule has 164 valence electrons. The summed E-state index contributed by atoms with van der Waals surface area (Å²) in [5.41, 5.74) is 0.148. The molecule has 3 heterocycles. The number of hydrogen-bond acceptors (Lipinski definition) is 4. The van der Waals surface area contributed by atoms with E-state index >= 15 is 0 Å². The minimum Gasteiger partial charge on any atom is -0.399 e. The fraction of sp³-hybridized carbons (Fsp3) is 0.556. The summed E-state index contributed by atoms with van der Waals surface area (Å²) in [6.07, 6.45) is -4.77. The molecule has 0 aliphatic carbocycles. The Balaban J connectivity index is 1.35. The van der Waals surface area contributed by atoms with Gasteiger partial charge < -0.3 is 24.6 Å². The van der Waals surface area contributed by atoms with E-state index in [0.717, 1.165) is 12.1 Å². The number of hydrogen-bond donors (Lipinski definition) is 1. The van der Waals surface area contributed by atoms with Crippen molar-refractivity contribution >= 4 is 11.9 Å². The van der Waals surface area contributed by atoms with Crippen LogP contribution in [0.2, 0.25) is 0 Å². The first-order valence-corrected chi connectivity index (χ1v) is 9.30. The molecule has 1 N–H and O–H groups in total. The fourth-order valence-electron chi connectivity index (χ4n) is 3.95. The van der Waals surface area contributed by atoms with Crippen LogP contribution in [-0.4, -0.2) is 73.0 Å². The molecule has 12 heteroatoms. The van der Waals surface area contributed by atoms with Gasteiger partial charge >= 0.3 is 12.4 Å². The smallest absolute Gasteiger partial charge is 0.399 e. The normalized spacial score (nSPS) is 24.8. The molecule has 1 unspecified atom stereocenters. The molecule has 3 amide bonds. The molecular weight excluding hydrogens is 417 g/mol. The molecule has 0 spiro atoms. The number of likely N-dealkylation sites (tertiary alicyclic amines) is 2. The number of nitrogens with one attached hydrogen (secondary N) is 1. The summed E-state index contributed by atoms with van der Waals surface area (Å²) in [4.78, 5) is 27.2. The van der Waals surface area contributed by atoms with Gasteiger partial charge in [-0.3, -0.25) is 4.79 Å². The number of halogens is 5. The summed E-state index contributed by atoms with van der Waals surface area (Å²) in [7, 11) is 0. The predicted octanol–water partition coefficient (Wildman–Crippen LogP) is 1.97. The average molecular weight is 435 g/mol. The summed E-state index contributed by atoms with van der Waals surface area (Å²) in [6.45, 7) is 1.09. The first-order valence-electron chi connectivity index (χ1n) is 9.30. The number of fused-ring (bicyclic) bond motifs is 1. The van der Waals surface area contributed by atoms with Crippen molar-refractivity contribution in [3.8, 4) is 5.75 Å². The van der Waals surface area contributed by atoms with Gasteiger partial charge in [-0.2, -0.15) is 0 Å². The molecule has 0 radical (unpaired) electrons. The molecule has 0 aromatic heterocycles. The van der Waals surface area contributed by atoms with Crippen LogP contribution in [0, 0.1) is 11.6 Å². The van der Waals surface area contributed by atoms with Crippen molar-refractivity contribution in [2.75, 3.05) is 32.8 Å². The molecule has 3 aliphatic rings. The number of benzene rings is 1. The highest BCUT2D eigenvalue weighted by molar-refractivity contribution is 5.79. The molecule has 7 nitrogen and oxygen atoms in total. The lowest BCUT2D eigenvalue weighted by Crippen LogP contribution is -2.63. The number of alkyl halides is 3. The summed E-state index contributed by atoms with van der Waals surface area (Å²) in [5.74, 6) is -5.06. The van der Waals surface area contributed by atoms with E-state index in [-0.39, 0.29) is 49.3 Å². The Hall–Kier alpha value is -2.63. The third-order valence-electron chi connectivity index (χ3n) is 5.46. The molecule has 2 atom stereocenters. The number of piperidine rings is 1. The predicted molar refractivity (Wildman–Crippen MR) is 90.6 cm³/mol. The summed E-state index contributed by atoms with van der Waals surface area (Å²) >= 11 is 0. The first kappa shape index (κ1) is 20.6. The summed E-state index contributed by atoms with van der Waals surface area (Å²) in [6, 6.07) is 1.02. The van der Waals surface area contributed by atoms with Crippen LogP contribution in [0.15, 0.2) is 12.1 Å². The molecule has 0 saturated carbocycles. The molecule has 1 aromatic rings. The highest BCUT2D eigenvalue weighted by Gasteiger charge is 2.41. The first-order chi connectivity index (χ1) is 14.1. The molecule has 4 rings (SSSR count). The summed E-state index contributed by atoms with van der Waals surface area (Å²) < 4.78 is 73.4. The van der Waals surface area contributed by atoms with Crippen LogP contribution in [0.5, 0.6) is 5.75 Å². The number of carbonyl (C=O) groups is 2. The van der Waals surface area contributed by atoms with E-state index in [1.807, 2.05) is 0 Å². The molecule has 1 aromatic carbocycles. The van der Waals surface area contributed by atoms with Gasteiger partial charge in [0.05, 0.1) is 12.1 Å².